The molecule has 0 fully saturated rings. The average molecular weight is 1370 g/mol. The molecule has 0 radical (unpaired) electrons. The number of carbonyl (C=O) groups excluding carboxylic acids is 3. The van der Waals surface area contributed by atoms with Crippen LogP contribution in [0.5, 0.6) is 0 Å². The summed E-state index contributed by atoms with van der Waals surface area (Å²) in [6.07, 6.45) is 0. The summed E-state index contributed by atoms with van der Waals surface area (Å²) >= 11 is 17.8. The monoisotopic (exact) mass is 1370 g/mol. The number of hydrogen-bond donors (Lipinski definition) is 1. The number of anilines is 1. The van der Waals surface area contributed by atoms with Crippen molar-refractivity contribution in [3.8, 4) is 0 Å². The second-order valence-corrected chi connectivity index (χ2v) is 16.0. The van der Waals surface area contributed by atoms with E-state index >= 15 is 0 Å². The molecule has 0 atom stereocenters. The fraction of sp³-hybridized carbons (Fsp3) is 0.0870. The van der Waals surface area contributed by atoms with Gasteiger partial charge in [-0.1, -0.05) is 0 Å². The summed E-state index contributed by atoms with van der Waals surface area (Å²) in [6.45, 7) is 3.13. The van der Waals surface area contributed by atoms with Crippen LogP contribution in [0.1, 0.15) is 44.9 Å². The second kappa shape index (κ2) is 15.3. The Bertz CT molecular complexity index is 1270. The van der Waals surface area contributed by atoms with Crippen LogP contribution in [0.15, 0.2) is 36.4 Å². The molecule has 12 heteroatoms. The van der Waals surface area contributed by atoms with Crippen molar-refractivity contribution in [2.45, 2.75) is 13.8 Å². The first kappa shape index (κ1) is 33.5. The Morgan fingerprint density at radius 3 is 1.11 bits per heavy atom. The third-order valence-corrected chi connectivity index (χ3v) is 15.9. The molecular weight excluding hydrogens is 1350 g/mol. The van der Waals surface area contributed by atoms with Crippen molar-refractivity contribution in [3.05, 3.63) is 81.7 Å². The van der Waals surface area contributed by atoms with E-state index in [1.165, 1.54) is 10.5 Å². The highest BCUT2D eigenvalue weighted by Crippen LogP contribution is 2.29. The van der Waals surface area contributed by atoms with Gasteiger partial charge in [0.15, 0.2) is 11.6 Å². The van der Waals surface area contributed by atoms with Crippen molar-refractivity contribution in [3.63, 3.8) is 0 Å². The fourth-order valence-electron chi connectivity index (χ4n) is 2.53. The van der Waals surface area contributed by atoms with E-state index in [1.807, 2.05) is 24.3 Å². The first-order chi connectivity index (χ1) is 16.2. The number of Topliss-reactive ketones (excluding diaryl/α,β-unsaturated/α-hetero) is 2. The lowest BCUT2D eigenvalue weighted by Crippen LogP contribution is -2.15. The normalized spacial score (nSPS) is 10.3. The molecule has 0 saturated heterocycles. The molecule has 1 amide bonds. The van der Waals surface area contributed by atoms with Gasteiger partial charge in [0.1, 0.15) is 0 Å². The van der Waals surface area contributed by atoms with Crippen LogP contribution < -0.4 is 5.32 Å². The number of carbonyl (C=O) groups is 3. The van der Waals surface area contributed by atoms with Gasteiger partial charge in [0, 0.05) is 45.3 Å². The summed E-state index contributed by atoms with van der Waals surface area (Å²) in [6, 6.07) is 11.2. The Morgan fingerprint density at radius 2 is 0.800 bits per heavy atom. The molecule has 184 valence electrons. The smallest absolute Gasteiger partial charge is 0.255 e. The SMILES string of the molecule is CC(=O)c1cc(I)c(I)c(I)c1.CC(=O)c1cc(I)c(NC(=O)c2cc(I)c(I)c(I)c2)c(I)c1. The molecule has 0 spiro atoms. The number of halogens is 8. The molecule has 0 unspecified atom stereocenters. The molecule has 0 aliphatic rings. The molecule has 3 aromatic carbocycles. The summed E-state index contributed by atoms with van der Waals surface area (Å²) in [5.74, 6) is -0.00804. The van der Waals surface area contributed by atoms with Crippen LogP contribution in [0.3, 0.4) is 0 Å². The zero-order valence-electron chi connectivity index (χ0n) is 17.7. The average Bonchev–Trinajstić information content (AvgIpc) is 2.77. The highest BCUT2D eigenvalue weighted by Gasteiger charge is 2.16. The number of rotatable bonds is 4. The molecule has 35 heavy (non-hydrogen) atoms. The summed E-state index contributed by atoms with van der Waals surface area (Å²) in [5, 5.41) is 2.96. The Morgan fingerprint density at radius 1 is 0.514 bits per heavy atom. The molecule has 0 heterocycles. The quantitative estimate of drug-likeness (QED) is 0.161. The maximum absolute atomic E-state index is 12.6. The lowest BCUT2D eigenvalue weighted by molar-refractivity contribution is 0.100. The van der Waals surface area contributed by atoms with E-state index in [4.69, 9.17) is 0 Å². The van der Waals surface area contributed by atoms with E-state index in [0.29, 0.717) is 11.1 Å². The molecule has 4 nitrogen and oxygen atoms in total. The van der Waals surface area contributed by atoms with Crippen molar-refractivity contribution >= 4 is 204 Å². The van der Waals surface area contributed by atoms with E-state index in [2.05, 4.69) is 186 Å². The molecule has 0 aliphatic heterocycles. The fourth-order valence-corrected chi connectivity index (χ4v) is 8.72. The number of hydrogen-bond acceptors (Lipinski definition) is 3. The van der Waals surface area contributed by atoms with Gasteiger partial charge in [-0.15, -0.1) is 0 Å². The van der Waals surface area contributed by atoms with Crippen LogP contribution in [0.2, 0.25) is 0 Å². The Hall–Kier alpha value is 2.31. The Kier molecular flexibility index (Phi) is 14.7. The van der Waals surface area contributed by atoms with Crippen molar-refractivity contribution in [1.82, 2.24) is 0 Å². The lowest BCUT2D eigenvalue weighted by Gasteiger charge is -2.12. The summed E-state index contributed by atoms with van der Waals surface area (Å²) in [5.41, 5.74) is 2.81. The predicted molar refractivity (Wildman–Crippen MR) is 209 cm³/mol. The van der Waals surface area contributed by atoms with Crippen LogP contribution in [0.25, 0.3) is 0 Å². The molecule has 0 saturated carbocycles. The van der Waals surface area contributed by atoms with Crippen molar-refractivity contribution in [1.29, 1.82) is 0 Å². The molecular formula is C23H13I8NO3. The van der Waals surface area contributed by atoms with Gasteiger partial charge in [-0.25, -0.2) is 0 Å². The third-order valence-electron chi connectivity index (χ3n) is 4.32. The van der Waals surface area contributed by atoms with E-state index in [-0.39, 0.29) is 17.5 Å². The summed E-state index contributed by atoms with van der Waals surface area (Å²) in [4.78, 5) is 35.1. The lowest BCUT2D eigenvalue weighted by atomic mass is 10.1. The van der Waals surface area contributed by atoms with Gasteiger partial charge >= 0.3 is 0 Å². The third kappa shape index (κ3) is 9.72. The Balaban J connectivity index is 0.000000303. The van der Waals surface area contributed by atoms with Gasteiger partial charge in [-0.05, 0) is 231 Å². The highest BCUT2D eigenvalue weighted by molar-refractivity contribution is 14.1. The molecule has 0 aliphatic carbocycles. The van der Waals surface area contributed by atoms with Crippen LogP contribution in [-0.2, 0) is 0 Å². The molecule has 3 aromatic rings. The van der Waals surface area contributed by atoms with E-state index in [0.717, 1.165) is 36.2 Å². The molecule has 0 aromatic heterocycles. The van der Waals surface area contributed by atoms with Crippen molar-refractivity contribution in [2.24, 2.45) is 0 Å². The maximum atomic E-state index is 12.6. The van der Waals surface area contributed by atoms with Gasteiger partial charge in [0.05, 0.1) is 5.69 Å². The topological polar surface area (TPSA) is 63.2 Å². The number of amides is 1. The van der Waals surface area contributed by atoms with Crippen LogP contribution in [-0.4, -0.2) is 17.5 Å². The molecule has 3 rings (SSSR count). The number of ketones is 2. The molecule has 1 N–H and O–H groups in total. The van der Waals surface area contributed by atoms with Crippen LogP contribution >= 0.6 is 181 Å². The van der Waals surface area contributed by atoms with Gasteiger partial charge in [0.2, 0.25) is 0 Å². The van der Waals surface area contributed by atoms with E-state index in [9.17, 15) is 14.4 Å². The van der Waals surface area contributed by atoms with Gasteiger partial charge < -0.3 is 5.32 Å². The zero-order valence-corrected chi connectivity index (χ0v) is 35.0. The minimum absolute atomic E-state index is 0.0143. The minimum atomic E-state index is -0.149. The number of nitrogens with one attached hydrogen (secondary N) is 1. The second-order valence-electron chi connectivity index (χ2n) is 6.89. The zero-order chi connectivity index (χ0) is 26.6. The van der Waals surface area contributed by atoms with Gasteiger partial charge in [-0.3, -0.25) is 14.4 Å². The van der Waals surface area contributed by atoms with Crippen molar-refractivity contribution in [2.75, 3.05) is 5.32 Å². The minimum Gasteiger partial charge on any atom is -0.320 e. The summed E-state index contributed by atoms with van der Waals surface area (Å²) in [7, 11) is 0. The number of benzene rings is 3. The first-order valence-electron chi connectivity index (χ1n) is 9.34. The van der Waals surface area contributed by atoms with Crippen LogP contribution in [0.4, 0.5) is 5.69 Å². The van der Waals surface area contributed by atoms with Gasteiger partial charge in [-0.2, -0.15) is 0 Å². The maximum Gasteiger partial charge on any atom is 0.255 e. The standard InChI is InChI=1S/C15H8I5NO2.C8H5I3O/c1-6(22)7-2-11(18)14(12(19)3-7)21-15(23)8-4-9(16)13(20)10(17)5-8;1-4(12)5-2-6(9)8(11)7(10)3-5/h2-5H,1H3,(H,21,23);2-3H,1H3. The van der Waals surface area contributed by atoms with Gasteiger partial charge in [0.25, 0.3) is 5.91 Å². The highest BCUT2D eigenvalue weighted by atomic mass is 127. The van der Waals surface area contributed by atoms with E-state index < -0.39 is 0 Å². The summed E-state index contributed by atoms with van der Waals surface area (Å²) < 4.78 is 8.46. The Labute approximate surface area is 313 Å². The largest absolute Gasteiger partial charge is 0.320 e. The van der Waals surface area contributed by atoms with E-state index in [1.54, 1.807) is 19.1 Å². The van der Waals surface area contributed by atoms with Crippen LogP contribution in [0, 0.1) is 28.6 Å². The predicted octanol–water partition coefficient (Wildman–Crippen LogP) is 9.87. The first-order valence-corrected chi connectivity index (χ1v) is 18.0. The molecule has 0 bridgehead atoms. The van der Waals surface area contributed by atoms with Crippen molar-refractivity contribution < 1.29 is 14.4 Å².